The number of halogens is 1. The van der Waals surface area contributed by atoms with Gasteiger partial charge in [0.05, 0.1) is 24.6 Å². The second-order valence-corrected chi connectivity index (χ2v) is 6.10. The number of hydrogen-bond acceptors (Lipinski definition) is 4. The number of anilines is 1. The van der Waals surface area contributed by atoms with Gasteiger partial charge in [-0.2, -0.15) is 0 Å². The molecule has 6 nitrogen and oxygen atoms in total. The first-order valence-electron chi connectivity index (χ1n) is 7.59. The average molecular weight is 340 g/mol. The van der Waals surface area contributed by atoms with Crippen molar-refractivity contribution in [2.75, 3.05) is 11.4 Å². The highest BCUT2D eigenvalue weighted by Gasteiger charge is 2.25. The van der Waals surface area contributed by atoms with Gasteiger partial charge in [-0.05, 0) is 41.8 Å². The SMILES string of the molecule is O=C1c2ccc(Cl)cc2CCN1c1cncc(Cn2ccnn2)c1. The third kappa shape index (κ3) is 2.76. The summed E-state index contributed by atoms with van der Waals surface area (Å²) >= 11 is 6.02. The van der Waals surface area contributed by atoms with Gasteiger partial charge >= 0.3 is 0 Å². The number of carbonyl (C=O) groups excluding carboxylic acids is 1. The Morgan fingerprint density at radius 1 is 1.21 bits per heavy atom. The van der Waals surface area contributed by atoms with Crippen LogP contribution in [0, 0.1) is 0 Å². The summed E-state index contributed by atoms with van der Waals surface area (Å²) in [4.78, 5) is 18.8. The second-order valence-electron chi connectivity index (χ2n) is 5.66. The fourth-order valence-electron chi connectivity index (χ4n) is 2.92. The van der Waals surface area contributed by atoms with Gasteiger partial charge in [0.1, 0.15) is 0 Å². The van der Waals surface area contributed by atoms with E-state index in [2.05, 4.69) is 15.3 Å². The number of nitrogens with zero attached hydrogens (tertiary/aromatic N) is 5. The Hall–Kier alpha value is -2.73. The number of fused-ring (bicyclic) bond motifs is 1. The normalized spacial score (nSPS) is 13.9. The number of pyridine rings is 1. The van der Waals surface area contributed by atoms with Crippen LogP contribution in [0.5, 0.6) is 0 Å². The molecular formula is C17H14ClN5O. The molecule has 1 aromatic carbocycles. The van der Waals surface area contributed by atoms with Gasteiger partial charge in [-0.3, -0.25) is 9.78 Å². The van der Waals surface area contributed by atoms with Gasteiger partial charge in [0.15, 0.2) is 0 Å². The molecule has 7 heteroatoms. The zero-order valence-electron chi connectivity index (χ0n) is 12.8. The highest BCUT2D eigenvalue weighted by Crippen LogP contribution is 2.26. The molecule has 0 N–H and O–H groups in total. The van der Waals surface area contributed by atoms with Crippen LogP contribution < -0.4 is 4.90 Å². The van der Waals surface area contributed by atoms with Gasteiger partial charge in [0, 0.05) is 29.5 Å². The van der Waals surface area contributed by atoms with E-state index in [1.54, 1.807) is 46.5 Å². The van der Waals surface area contributed by atoms with Crippen LogP contribution in [0.15, 0.2) is 49.1 Å². The maximum atomic E-state index is 12.8. The molecule has 0 aliphatic carbocycles. The molecule has 0 saturated heterocycles. The molecule has 0 fully saturated rings. The summed E-state index contributed by atoms with van der Waals surface area (Å²) < 4.78 is 1.72. The number of carbonyl (C=O) groups is 1. The standard InChI is InChI=1S/C17H14ClN5O/c18-14-1-2-16-13(8-14)3-5-23(17(16)24)15-7-12(9-19-10-15)11-22-6-4-20-21-22/h1-2,4,6-10H,3,5,11H2. The fraction of sp³-hybridized carbons (Fsp3) is 0.176. The lowest BCUT2D eigenvalue weighted by Gasteiger charge is -2.28. The first-order valence-corrected chi connectivity index (χ1v) is 7.97. The van der Waals surface area contributed by atoms with Crippen LogP contribution in [-0.2, 0) is 13.0 Å². The van der Waals surface area contributed by atoms with Crippen molar-refractivity contribution in [2.45, 2.75) is 13.0 Å². The highest BCUT2D eigenvalue weighted by atomic mass is 35.5. The number of amides is 1. The summed E-state index contributed by atoms with van der Waals surface area (Å²) in [7, 11) is 0. The fourth-order valence-corrected chi connectivity index (χ4v) is 3.11. The van der Waals surface area contributed by atoms with E-state index in [0.717, 1.165) is 23.2 Å². The molecule has 0 radical (unpaired) electrons. The number of hydrogen-bond donors (Lipinski definition) is 0. The van der Waals surface area contributed by atoms with Crippen LogP contribution in [0.3, 0.4) is 0 Å². The van der Waals surface area contributed by atoms with E-state index in [9.17, 15) is 4.79 Å². The lowest BCUT2D eigenvalue weighted by molar-refractivity contribution is 0.0980. The maximum Gasteiger partial charge on any atom is 0.258 e. The molecule has 1 amide bonds. The van der Waals surface area contributed by atoms with Gasteiger partial charge < -0.3 is 4.90 Å². The summed E-state index contributed by atoms with van der Waals surface area (Å²) in [6, 6.07) is 7.37. The third-order valence-electron chi connectivity index (χ3n) is 4.06. The van der Waals surface area contributed by atoms with Crippen LogP contribution in [-0.4, -0.2) is 32.4 Å². The van der Waals surface area contributed by atoms with Crippen molar-refractivity contribution in [3.8, 4) is 0 Å². The van der Waals surface area contributed by atoms with Gasteiger partial charge in [-0.1, -0.05) is 16.8 Å². The molecule has 3 aromatic rings. The minimum Gasteiger partial charge on any atom is -0.306 e. The Balaban J connectivity index is 1.62. The zero-order chi connectivity index (χ0) is 16.5. The molecule has 1 aliphatic rings. The molecule has 0 saturated carbocycles. The van der Waals surface area contributed by atoms with Crippen LogP contribution in [0.1, 0.15) is 21.5 Å². The Morgan fingerprint density at radius 3 is 2.96 bits per heavy atom. The summed E-state index contributed by atoms with van der Waals surface area (Å²) in [5, 5.41) is 8.40. The third-order valence-corrected chi connectivity index (χ3v) is 4.29. The van der Waals surface area contributed by atoms with Gasteiger partial charge in [-0.25, -0.2) is 4.68 Å². The Labute approximate surface area is 143 Å². The van der Waals surface area contributed by atoms with Crippen molar-refractivity contribution in [3.63, 3.8) is 0 Å². The van der Waals surface area contributed by atoms with Crippen molar-refractivity contribution in [3.05, 3.63) is 70.8 Å². The Morgan fingerprint density at radius 2 is 2.12 bits per heavy atom. The van der Waals surface area contributed by atoms with Crippen LogP contribution >= 0.6 is 11.6 Å². The molecule has 4 rings (SSSR count). The molecule has 0 unspecified atom stereocenters. The number of aromatic nitrogens is 4. The maximum absolute atomic E-state index is 12.8. The predicted octanol–water partition coefficient (Wildman–Crippen LogP) is 2.58. The Bertz CT molecular complexity index is 894. The second kappa shape index (κ2) is 6.05. The molecule has 2 aromatic heterocycles. The molecule has 1 aliphatic heterocycles. The van der Waals surface area contributed by atoms with E-state index >= 15 is 0 Å². The largest absolute Gasteiger partial charge is 0.306 e. The predicted molar refractivity (Wildman–Crippen MR) is 90.2 cm³/mol. The summed E-state index contributed by atoms with van der Waals surface area (Å²) in [5.74, 6) is -0.0207. The smallest absolute Gasteiger partial charge is 0.258 e. The van der Waals surface area contributed by atoms with Crippen LogP contribution in [0.25, 0.3) is 0 Å². The molecule has 120 valence electrons. The van der Waals surface area contributed by atoms with E-state index in [-0.39, 0.29) is 5.91 Å². The van der Waals surface area contributed by atoms with Crippen LogP contribution in [0.2, 0.25) is 5.02 Å². The summed E-state index contributed by atoms with van der Waals surface area (Å²) in [5.41, 5.74) is 3.45. The topological polar surface area (TPSA) is 63.9 Å². The molecule has 0 spiro atoms. The minimum atomic E-state index is -0.0207. The number of rotatable bonds is 3. The monoisotopic (exact) mass is 339 g/mol. The Kier molecular flexibility index (Phi) is 3.74. The van der Waals surface area contributed by atoms with Crippen molar-refractivity contribution in [1.29, 1.82) is 0 Å². The first-order chi connectivity index (χ1) is 11.7. The molecule has 0 bridgehead atoms. The summed E-state index contributed by atoms with van der Waals surface area (Å²) in [6.45, 7) is 1.18. The lowest BCUT2D eigenvalue weighted by atomic mass is 9.98. The quantitative estimate of drug-likeness (QED) is 0.735. The van der Waals surface area contributed by atoms with E-state index in [4.69, 9.17) is 11.6 Å². The van der Waals surface area contributed by atoms with Crippen molar-refractivity contribution < 1.29 is 4.79 Å². The van der Waals surface area contributed by atoms with Gasteiger partial charge in [0.25, 0.3) is 5.91 Å². The highest BCUT2D eigenvalue weighted by molar-refractivity contribution is 6.30. The van der Waals surface area contributed by atoms with E-state index in [1.807, 2.05) is 12.1 Å². The zero-order valence-corrected chi connectivity index (χ0v) is 13.5. The molecule has 24 heavy (non-hydrogen) atoms. The van der Waals surface area contributed by atoms with Crippen molar-refractivity contribution in [2.24, 2.45) is 0 Å². The number of benzene rings is 1. The molecule has 3 heterocycles. The van der Waals surface area contributed by atoms with Crippen molar-refractivity contribution >= 4 is 23.2 Å². The van der Waals surface area contributed by atoms with E-state index in [1.165, 1.54) is 0 Å². The van der Waals surface area contributed by atoms with Crippen LogP contribution in [0.4, 0.5) is 5.69 Å². The van der Waals surface area contributed by atoms with Gasteiger partial charge in [-0.15, -0.1) is 5.10 Å². The van der Waals surface area contributed by atoms with E-state index in [0.29, 0.717) is 23.7 Å². The average Bonchev–Trinajstić information content (AvgIpc) is 3.08. The lowest BCUT2D eigenvalue weighted by Crippen LogP contribution is -2.37. The minimum absolute atomic E-state index is 0.0207. The summed E-state index contributed by atoms with van der Waals surface area (Å²) in [6.07, 6.45) is 7.68. The van der Waals surface area contributed by atoms with Crippen molar-refractivity contribution in [1.82, 2.24) is 20.0 Å². The van der Waals surface area contributed by atoms with E-state index < -0.39 is 0 Å². The van der Waals surface area contributed by atoms with Gasteiger partial charge in [0.2, 0.25) is 0 Å². The molecule has 0 atom stereocenters. The first kappa shape index (κ1) is 14.8. The molecular weight excluding hydrogens is 326 g/mol.